The highest BCUT2D eigenvalue weighted by Gasteiger charge is 2.34. The van der Waals surface area contributed by atoms with Gasteiger partial charge in [-0.05, 0) is 56.0 Å². The van der Waals surface area contributed by atoms with Crippen molar-refractivity contribution in [2.75, 3.05) is 46.4 Å². The quantitative estimate of drug-likeness (QED) is 0.520. The standard InChI is InChI=1S/C23H32FN3O3/c1-30-15-11-25-22(28)17-26-13-9-19(10-14-26)21-4-2-3-12-27(23(21)29)16-18-5-7-20(24)8-6-18/h2-3,5-8,19,21H,4,9-17H2,1H3,(H,25,28)/t21-/m0/s1. The van der Waals surface area contributed by atoms with Gasteiger partial charge in [0.1, 0.15) is 5.82 Å². The van der Waals surface area contributed by atoms with Gasteiger partial charge in [0.2, 0.25) is 11.8 Å². The first-order valence-corrected chi connectivity index (χ1v) is 10.7. The van der Waals surface area contributed by atoms with Crippen LogP contribution in [-0.2, 0) is 20.9 Å². The Morgan fingerprint density at radius 2 is 1.93 bits per heavy atom. The summed E-state index contributed by atoms with van der Waals surface area (Å²) in [5.74, 6) is 0.230. The summed E-state index contributed by atoms with van der Waals surface area (Å²) >= 11 is 0. The van der Waals surface area contributed by atoms with E-state index < -0.39 is 0 Å². The second kappa shape index (κ2) is 11.2. The maximum Gasteiger partial charge on any atom is 0.234 e. The van der Waals surface area contributed by atoms with Crippen LogP contribution >= 0.6 is 0 Å². The number of nitrogens with one attached hydrogen (secondary N) is 1. The molecule has 0 spiro atoms. The third-order valence-corrected chi connectivity index (χ3v) is 5.99. The summed E-state index contributed by atoms with van der Waals surface area (Å²) in [6, 6.07) is 6.35. The van der Waals surface area contributed by atoms with Gasteiger partial charge in [-0.1, -0.05) is 24.3 Å². The number of halogens is 1. The van der Waals surface area contributed by atoms with Crippen LogP contribution in [0.1, 0.15) is 24.8 Å². The average molecular weight is 418 g/mol. The molecule has 7 heteroatoms. The smallest absolute Gasteiger partial charge is 0.234 e. The van der Waals surface area contributed by atoms with Crippen molar-refractivity contribution in [2.24, 2.45) is 11.8 Å². The molecule has 1 fully saturated rings. The maximum absolute atomic E-state index is 13.2. The molecular weight excluding hydrogens is 385 g/mol. The number of rotatable bonds is 8. The Kier molecular flexibility index (Phi) is 8.39. The van der Waals surface area contributed by atoms with Crippen molar-refractivity contribution in [2.45, 2.75) is 25.8 Å². The molecule has 1 atom stereocenters. The number of allylic oxidation sites excluding steroid dienone is 1. The number of nitrogens with zero attached hydrogens (tertiary/aromatic N) is 2. The predicted molar refractivity (Wildman–Crippen MR) is 113 cm³/mol. The predicted octanol–water partition coefficient (Wildman–Crippen LogP) is 2.21. The van der Waals surface area contributed by atoms with Gasteiger partial charge in [0.25, 0.3) is 0 Å². The lowest BCUT2D eigenvalue weighted by Crippen LogP contribution is -2.45. The van der Waals surface area contributed by atoms with Gasteiger partial charge in [0, 0.05) is 32.7 Å². The molecular formula is C23H32FN3O3. The molecule has 1 aromatic carbocycles. The van der Waals surface area contributed by atoms with E-state index in [0.717, 1.165) is 37.9 Å². The minimum absolute atomic E-state index is 0.0180. The van der Waals surface area contributed by atoms with E-state index in [2.05, 4.69) is 22.4 Å². The zero-order valence-electron chi connectivity index (χ0n) is 17.7. The Balaban J connectivity index is 1.51. The van der Waals surface area contributed by atoms with Crippen molar-refractivity contribution < 1.29 is 18.7 Å². The fraction of sp³-hybridized carbons (Fsp3) is 0.565. The molecule has 0 unspecified atom stereocenters. The Morgan fingerprint density at radius 1 is 1.20 bits per heavy atom. The highest BCUT2D eigenvalue weighted by Crippen LogP contribution is 2.31. The summed E-state index contributed by atoms with van der Waals surface area (Å²) in [7, 11) is 1.61. The number of hydrogen-bond donors (Lipinski definition) is 1. The van der Waals surface area contributed by atoms with E-state index in [1.807, 2.05) is 4.90 Å². The van der Waals surface area contributed by atoms with Crippen LogP contribution in [0.25, 0.3) is 0 Å². The van der Waals surface area contributed by atoms with Crippen molar-refractivity contribution in [1.29, 1.82) is 0 Å². The molecule has 1 aromatic rings. The van der Waals surface area contributed by atoms with E-state index in [9.17, 15) is 14.0 Å². The van der Waals surface area contributed by atoms with Crippen molar-refractivity contribution in [3.63, 3.8) is 0 Å². The molecule has 1 N–H and O–H groups in total. The molecule has 0 radical (unpaired) electrons. The molecule has 0 bridgehead atoms. The maximum atomic E-state index is 13.2. The minimum Gasteiger partial charge on any atom is -0.383 e. The van der Waals surface area contributed by atoms with Crippen LogP contribution in [0.2, 0.25) is 0 Å². The number of piperidine rings is 1. The Labute approximate surface area is 178 Å². The molecule has 2 heterocycles. The normalized spacial score (nSPS) is 20.9. The molecule has 2 amide bonds. The second-order valence-electron chi connectivity index (χ2n) is 8.12. The first-order chi connectivity index (χ1) is 14.6. The number of ether oxygens (including phenoxy) is 1. The van der Waals surface area contributed by atoms with Crippen molar-refractivity contribution >= 4 is 11.8 Å². The zero-order valence-corrected chi connectivity index (χ0v) is 17.7. The second-order valence-corrected chi connectivity index (χ2v) is 8.12. The molecule has 164 valence electrons. The van der Waals surface area contributed by atoms with Crippen molar-refractivity contribution in [3.8, 4) is 0 Å². The summed E-state index contributed by atoms with van der Waals surface area (Å²) in [6.45, 7) is 4.18. The third kappa shape index (κ3) is 6.37. The summed E-state index contributed by atoms with van der Waals surface area (Å²) in [5, 5.41) is 2.85. The van der Waals surface area contributed by atoms with Gasteiger partial charge in [0.05, 0.1) is 13.2 Å². The molecule has 0 aliphatic carbocycles. The van der Waals surface area contributed by atoms with Gasteiger partial charge in [-0.3, -0.25) is 14.5 Å². The van der Waals surface area contributed by atoms with E-state index in [0.29, 0.717) is 38.7 Å². The highest BCUT2D eigenvalue weighted by atomic mass is 19.1. The van der Waals surface area contributed by atoms with Crippen molar-refractivity contribution in [3.05, 3.63) is 47.8 Å². The van der Waals surface area contributed by atoms with Gasteiger partial charge >= 0.3 is 0 Å². The van der Waals surface area contributed by atoms with E-state index in [1.54, 1.807) is 19.2 Å². The molecule has 6 nitrogen and oxygen atoms in total. The third-order valence-electron chi connectivity index (χ3n) is 5.99. The van der Waals surface area contributed by atoms with E-state index in [-0.39, 0.29) is 23.5 Å². The van der Waals surface area contributed by atoms with E-state index in [1.165, 1.54) is 12.1 Å². The number of carbonyl (C=O) groups excluding carboxylic acids is 2. The average Bonchev–Trinajstić information content (AvgIpc) is 2.92. The summed E-state index contributed by atoms with van der Waals surface area (Å²) in [6.07, 6.45) is 6.77. The van der Waals surface area contributed by atoms with Crippen LogP contribution in [-0.4, -0.2) is 68.1 Å². The topological polar surface area (TPSA) is 61.9 Å². The lowest BCUT2D eigenvalue weighted by Gasteiger charge is -2.36. The number of hydrogen-bond acceptors (Lipinski definition) is 4. The lowest BCUT2D eigenvalue weighted by molar-refractivity contribution is -0.138. The lowest BCUT2D eigenvalue weighted by atomic mass is 9.81. The SMILES string of the molecule is COCCNC(=O)CN1CCC([C@@H]2CC=CCN(Cc3ccc(F)cc3)C2=O)CC1. The van der Waals surface area contributed by atoms with Gasteiger partial charge in [-0.15, -0.1) is 0 Å². The van der Waals surface area contributed by atoms with Gasteiger partial charge in [-0.2, -0.15) is 0 Å². The van der Waals surface area contributed by atoms with Crippen LogP contribution in [0.5, 0.6) is 0 Å². The Morgan fingerprint density at radius 3 is 2.63 bits per heavy atom. The monoisotopic (exact) mass is 417 g/mol. The first-order valence-electron chi connectivity index (χ1n) is 10.7. The summed E-state index contributed by atoms with van der Waals surface area (Å²) in [4.78, 5) is 29.3. The van der Waals surface area contributed by atoms with Crippen LogP contribution in [0, 0.1) is 17.7 Å². The first kappa shape index (κ1) is 22.4. The van der Waals surface area contributed by atoms with Gasteiger partial charge in [-0.25, -0.2) is 4.39 Å². The van der Waals surface area contributed by atoms with Crippen molar-refractivity contribution in [1.82, 2.24) is 15.1 Å². The fourth-order valence-corrected chi connectivity index (χ4v) is 4.28. The zero-order chi connectivity index (χ0) is 21.3. The molecule has 0 aromatic heterocycles. The number of methoxy groups -OCH3 is 1. The van der Waals surface area contributed by atoms with Crippen LogP contribution in [0.3, 0.4) is 0 Å². The summed E-state index contributed by atoms with van der Waals surface area (Å²) in [5.41, 5.74) is 0.938. The largest absolute Gasteiger partial charge is 0.383 e. The number of benzene rings is 1. The molecule has 2 aliphatic rings. The fourth-order valence-electron chi connectivity index (χ4n) is 4.28. The number of likely N-dealkylation sites (tertiary alicyclic amines) is 1. The summed E-state index contributed by atoms with van der Waals surface area (Å²) < 4.78 is 18.1. The Bertz CT molecular complexity index is 730. The van der Waals surface area contributed by atoms with E-state index >= 15 is 0 Å². The molecule has 0 saturated carbocycles. The minimum atomic E-state index is -0.266. The number of carbonyl (C=O) groups is 2. The molecule has 1 saturated heterocycles. The van der Waals surface area contributed by atoms with Crippen LogP contribution in [0.15, 0.2) is 36.4 Å². The van der Waals surface area contributed by atoms with Gasteiger partial charge in [0.15, 0.2) is 0 Å². The van der Waals surface area contributed by atoms with E-state index in [4.69, 9.17) is 4.74 Å². The Hall–Kier alpha value is -2.25. The van der Waals surface area contributed by atoms with Crippen LogP contribution in [0.4, 0.5) is 4.39 Å². The molecule has 30 heavy (non-hydrogen) atoms. The number of amides is 2. The highest BCUT2D eigenvalue weighted by molar-refractivity contribution is 5.80. The molecule has 2 aliphatic heterocycles. The van der Waals surface area contributed by atoms with Gasteiger partial charge < -0.3 is 15.0 Å². The van der Waals surface area contributed by atoms with Crippen LogP contribution < -0.4 is 5.32 Å². The molecule has 3 rings (SSSR count).